The standard InChI is InChI=1S/C19H26N2O3/c1-14(22)21-9-10-24-12-17(21)18(23)20-11-16(19(2,3)13-20)15-7-5-4-6-8-15/h4-8,16-17H,9-13H2,1-3H3/t16-,17-/m0/s1. The first kappa shape index (κ1) is 17.0. The lowest BCUT2D eigenvalue weighted by atomic mass is 9.78. The molecule has 24 heavy (non-hydrogen) atoms. The zero-order chi connectivity index (χ0) is 17.3. The zero-order valence-electron chi connectivity index (χ0n) is 14.7. The highest BCUT2D eigenvalue weighted by Crippen LogP contribution is 2.42. The molecule has 2 amide bonds. The van der Waals surface area contributed by atoms with Crippen molar-refractivity contribution >= 4 is 11.8 Å². The van der Waals surface area contributed by atoms with E-state index in [1.165, 1.54) is 12.5 Å². The van der Waals surface area contributed by atoms with E-state index >= 15 is 0 Å². The number of amides is 2. The van der Waals surface area contributed by atoms with Gasteiger partial charge < -0.3 is 14.5 Å². The molecule has 2 fully saturated rings. The summed E-state index contributed by atoms with van der Waals surface area (Å²) in [5, 5.41) is 0. The van der Waals surface area contributed by atoms with E-state index in [0.29, 0.717) is 38.8 Å². The Labute approximate surface area is 143 Å². The maximum Gasteiger partial charge on any atom is 0.247 e. The molecule has 1 aromatic carbocycles. The van der Waals surface area contributed by atoms with Crippen molar-refractivity contribution in [2.75, 3.05) is 32.8 Å². The van der Waals surface area contributed by atoms with E-state index in [-0.39, 0.29) is 17.2 Å². The van der Waals surface area contributed by atoms with Gasteiger partial charge in [0, 0.05) is 32.5 Å². The van der Waals surface area contributed by atoms with Gasteiger partial charge in [0.15, 0.2) is 0 Å². The molecule has 0 N–H and O–H groups in total. The lowest BCUT2D eigenvalue weighted by Crippen LogP contribution is -2.56. The molecule has 2 heterocycles. The summed E-state index contributed by atoms with van der Waals surface area (Å²) in [5.41, 5.74) is 1.27. The molecule has 1 aromatic rings. The van der Waals surface area contributed by atoms with Gasteiger partial charge >= 0.3 is 0 Å². The Balaban J connectivity index is 1.78. The third-order valence-electron chi connectivity index (χ3n) is 5.28. The smallest absolute Gasteiger partial charge is 0.247 e. The monoisotopic (exact) mass is 330 g/mol. The van der Waals surface area contributed by atoms with Crippen LogP contribution in [-0.4, -0.2) is 60.5 Å². The van der Waals surface area contributed by atoms with Gasteiger partial charge in [-0.1, -0.05) is 44.2 Å². The number of hydrogen-bond acceptors (Lipinski definition) is 3. The first-order valence-electron chi connectivity index (χ1n) is 8.59. The van der Waals surface area contributed by atoms with E-state index < -0.39 is 6.04 Å². The summed E-state index contributed by atoms with van der Waals surface area (Å²) in [5.74, 6) is 0.254. The molecule has 0 saturated carbocycles. The van der Waals surface area contributed by atoms with Crippen molar-refractivity contribution in [2.45, 2.75) is 32.7 Å². The van der Waals surface area contributed by atoms with Crippen LogP contribution in [0.4, 0.5) is 0 Å². The molecule has 2 atom stereocenters. The molecule has 0 bridgehead atoms. The lowest BCUT2D eigenvalue weighted by molar-refractivity contribution is -0.152. The predicted molar refractivity (Wildman–Crippen MR) is 91.5 cm³/mol. The fraction of sp³-hybridized carbons (Fsp3) is 0.579. The maximum atomic E-state index is 13.0. The highest BCUT2D eigenvalue weighted by atomic mass is 16.5. The van der Waals surface area contributed by atoms with Crippen LogP contribution in [0.3, 0.4) is 0 Å². The molecule has 0 unspecified atom stereocenters. The van der Waals surface area contributed by atoms with Crippen LogP contribution in [0, 0.1) is 5.41 Å². The third-order valence-corrected chi connectivity index (χ3v) is 5.28. The van der Waals surface area contributed by atoms with Crippen LogP contribution in [0.15, 0.2) is 30.3 Å². The quantitative estimate of drug-likeness (QED) is 0.832. The second-order valence-corrected chi connectivity index (χ2v) is 7.47. The molecule has 2 saturated heterocycles. The van der Waals surface area contributed by atoms with Crippen molar-refractivity contribution in [1.29, 1.82) is 0 Å². The number of benzene rings is 1. The molecule has 2 aliphatic rings. The van der Waals surface area contributed by atoms with Gasteiger partial charge in [-0.15, -0.1) is 0 Å². The Bertz CT molecular complexity index is 614. The van der Waals surface area contributed by atoms with Crippen molar-refractivity contribution in [3.05, 3.63) is 35.9 Å². The van der Waals surface area contributed by atoms with Gasteiger partial charge in [-0.05, 0) is 11.0 Å². The number of ether oxygens (including phenoxy) is 1. The molecule has 5 nitrogen and oxygen atoms in total. The highest BCUT2D eigenvalue weighted by molar-refractivity contribution is 5.87. The molecule has 5 heteroatoms. The average Bonchev–Trinajstić information content (AvgIpc) is 2.90. The van der Waals surface area contributed by atoms with Crippen molar-refractivity contribution < 1.29 is 14.3 Å². The molecule has 0 aliphatic carbocycles. The van der Waals surface area contributed by atoms with Crippen LogP contribution >= 0.6 is 0 Å². The molecular formula is C19H26N2O3. The van der Waals surface area contributed by atoms with Crippen LogP contribution < -0.4 is 0 Å². The first-order chi connectivity index (χ1) is 11.4. The van der Waals surface area contributed by atoms with Gasteiger partial charge in [-0.2, -0.15) is 0 Å². The van der Waals surface area contributed by atoms with Gasteiger partial charge in [0.1, 0.15) is 6.04 Å². The van der Waals surface area contributed by atoms with Gasteiger partial charge in [0.05, 0.1) is 13.2 Å². The number of morpholine rings is 1. The second-order valence-electron chi connectivity index (χ2n) is 7.47. The Morgan fingerprint density at radius 3 is 2.58 bits per heavy atom. The van der Waals surface area contributed by atoms with Crippen LogP contribution in [0.2, 0.25) is 0 Å². The van der Waals surface area contributed by atoms with Gasteiger partial charge in [-0.25, -0.2) is 0 Å². The van der Waals surface area contributed by atoms with E-state index in [9.17, 15) is 9.59 Å². The zero-order valence-corrected chi connectivity index (χ0v) is 14.7. The number of hydrogen-bond donors (Lipinski definition) is 0. The number of likely N-dealkylation sites (tertiary alicyclic amines) is 1. The molecule has 130 valence electrons. The van der Waals surface area contributed by atoms with Gasteiger partial charge in [0.25, 0.3) is 0 Å². The molecular weight excluding hydrogens is 304 g/mol. The summed E-state index contributed by atoms with van der Waals surface area (Å²) < 4.78 is 5.47. The van der Waals surface area contributed by atoms with E-state index in [1.54, 1.807) is 4.90 Å². The number of rotatable bonds is 2. The van der Waals surface area contributed by atoms with E-state index in [1.807, 2.05) is 23.1 Å². The minimum absolute atomic E-state index is 0.00753. The summed E-state index contributed by atoms with van der Waals surface area (Å²) in [6, 6.07) is 9.88. The molecule has 0 radical (unpaired) electrons. The van der Waals surface area contributed by atoms with Gasteiger partial charge in [-0.3, -0.25) is 9.59 Å². The summed E-state index contributed by atoms with van der Waals surface area (Å²) >= 11 is 0. The fourth-order valence-electron chi connectivity index (χ4n) is 3.94. The Morgan fingerprint density at radius 1 is 1.21 bits per heavy atom. The van der Waals surface area contributed by atoms with Crippen molar-refractivity contribution in [1.82, 2.24) is 9.80 Å². The fourth-order valence-corrected chi connectivity index (χ4v) is 3.94. The number of nitrogens with zero attached hydrogens (tertiary/aromatic N) is 2. The topological polar surface area (TPSA) is 49.9 Å². The Kier molecular flexibility index (Phi) is 4.63. The predicted octanol–water partition coefficient (Wildman–Crippen LogP) is 1.89. The Hall–Kier alpha value is -1.88. The second kappa shape index (κ2) is 6.55. The molecule has 0 spiro atoms. The minimum atomic E-state index is -0.485. The normalized spacial score (nSPS) is 26.5. The minimum Gasteiger partial charge on any atom is -0.377 e. The van der Waals surface area contributed by atoms with Gasteiger partial charge in [0.2, 0.25) is 11.8 Å². The highest BCUT2D eigenvalue weighted by Gasteiger charge is 2.44. The third kappa shape index (κ3) is 3.18. The van der Waals surface area contributed by atoms with Crippen LogP contribution in [0.5, 0.6) is 0 Å². The molecule has 2 aliphatic heterocycles. The summed E-state index contributed by atoms with van der Waals surface area (Å²) in [6.45, 7) is 8.62. The molecule has 0 aromatic heterocycles. The van der Waals surface area contributed by atoms with E-state index in [0.717, 1.165) is 0 Å². The van der Waals surface area contributed by atoms with Crippen LogP contribution in [0.25, 0.3) is 0 Å². The first-order valence-corrected chi connectivity index (χ1v) is 8.59. The SMILES string of the molecule is CC(=O)N1CCOC[C@H]1C(=O)N1C[C@@H](c2ccccc2)C(C)(C)C1. The van der Waals surface area contributed by atoms with Crippen molar-refractivity contribution in [3.8, 4) is 0 Å². The van der Waals surface area contributed by atoms with E-state index in [2.05, 4.69) is 26.0 Å². The maximum absolute atomic E-state index is 13.0. The average molecular weight is 330 g/mol. The number of carbonyl (C=O) groups excluding carboxylic acids is 2. The largest absolute Gasteiger partial charge is 0.377 e. The van der Waals surface area contributed by atoms with E-state index in [4.69, 9.17) is 4.74 Å². The summed E-state index contributed by atoms with van der Waals surface area (Å²) in [4.78, 5) is 28.4. The van der Waals surface area contributed by atoms with Crippen molar-refractivity contribution in [2.24, 2.45) is 5.41 Å². The summed E-state index contributed by atoms with van der Waals surface area (Å²) in [7, 11) is 0. The van der Waals surface area contributed by atoms with Crippen LogP contribution in [-0.2, 0) is 14.3 Å². The lowest BCUT2D eigenvalue weighted by Gasteiger charge is -2.36. The summed E-state index contributed by atoms with van der Waals surface area (Å²) in [6.07, 6.45) is 0. The van der Waals surface area contributed by atoms with Crippen LogP contribution in [0.1, 0.15) is 32.3 Å². The molecule has 3 rings (SSSR count). The van der Waals surface area contributed by atoms with Crippen molar-refractivity contribution in [3.63, 3.8) is 0 Å². The number of carbonyl (C=O) groups is 2. The Morgan fingerprint density at radius 2 is 1.92 bits per heavy atom.